The number of rotatable bonds is 14. The summed E-state index contributed by atoms with van der Waals surface area (Å²) in [5.41, 5.74) is -0.0879. The Balaban J connectivity index is 0.743. The van der Waals surface area contributed by atoms with E-state index in [4.69, 9.17) is 21.1 Å². The summed E-state index contributed by atoms with van der Waals surface area (Å²) in [6, 6.07) is 14.0. The van der Waals surface area contributed by atoms with Gasteiger partial charge in [0.1, 0.15) is 29.5 Å². The Morgan fingerprint density at radius 1 is 0.895 bits per heavy atom. The second-order valence-corrected chi connectivity index (χ2v) is 21.3. The molecule has 0 radical (unpaired) electrons. The molecule has 5 aromatic rings. The smallest absolute Gasteiger partial charge is 0.329 e. The third-order valence-electron chi connectivity index (χ3n) is 16.6. The number of ether oxygens (including phenoxy) is 2. The molecule has 1 saturated carbocycles. The van der Waals surface area contributed by atoms with Gasteiger partial charge in [-0.15, -0.1) is 0 Å². The normalized spacial score (nSPS) is 22.7. The number of aryl methyl sites for hydroxylation is 1. The molecule has 2 atom stereocenters. The first-order valence-electron chi connectivity index (χ1n) is 26.4. The number of urea groups is 1. The molecule has 1 aromatic heterocycles. The largest absolute Gasteiger partial charge is 0.488 e. The number of benzene rings is 4. The van der Waals surface area contributed by atoms with Gasteiger partial charge in [-0.05, 0) is 100 Å². The summed E-state index contributed by atoms with van der Waals surface area (Å²) in [7, 11) is 2.97. The maximum atomic E-state index is 16.6. The number of fused-ring (bicyclic) bond motifs is 2. The fourth-order valence-corrected chi connectivity index (χ4v) is 12.8. The van der Waals surface area contributed by atoms with Gasteiger partial charge in [-0.25, -0.2) is 22.4 Å². The molecule has 15 nitrogen and oxygen atoms in total. The first-order valence-corrected chi connectivity index (χ1v) is 26.8. The van der Waals surface area contributed by atoms with Crippen LogP contribution >= 0.6 is 11.6 Å². The SMILES string of the molecule is CNC(=O)c1ccc(OCCO)c(F)c1-c1c(Cl)c(F)cc2c1C(C)C(CNC1CCC(C(=O)N3CCC(CN4CCC(c5c(F)cc6c(N7CCC(=O)NC7=O)nn(C)c6c5F)CC4)CC3)CC1)(c1ccccc1)O2. The molecule has 5 aliphatic rings. The van der Waals surface area contributed by atoms with Crippen molar-refractivity contribution in [3.8, 4) is 22.6 Å². The van der Waals surface area contributed by atoms with Crippen molar-refractivity contribution in [2.45, 2.75) is 88.2 Å². The van der Waals surface area contributed by atoms with Gasteiger partial charge in [0.05, 0.1) is 22.6 Å². The van der Waals surface area contributed by atoms with Crippen LogP contribution < -0.4 is 30.3 Å². The molecule has 3 saturated heterocycles. The lowest BCUT2D eigenvalue weighted by Crippen LogP contribution is -2.49. The highest BCUT2D eigenvalue weighted by molar-refractivity contribution is 6.34. The third kappa shape index (κ3) is 9.88. The number of aliphatic hydroxyl groups excluding tert-OH is 1. The van der Waals surface area contributed by atoms with Crippen molar-refractivity contribution in [2.75, 3.05) is 71.0 Å². The van der Waals surface area contributed by atoms with E-state index < -0.39 is 52.6 Å². The monoisotopic (exact) mass is 1070 g/mol. The lowest BCUT2D eigenvalue weighted by Gasteiger charge is -2.40. The van der Waals surface area contributed by atoms with Gasteiger partial charge in [-0.2, -0.15) is 5.10 Å². The Labute approximate surface area is 443 Å². The zero-order valence-corrected chi connectivity index (χ0v) is 43.6. The van der Waals surface area contributed by atoms with E-state index in [1.807, 2.05) is 42.2 Å². The summed E-state index contributed by atoms with van der Waals surface area (Å²) in [6.07, 6.45) is 5.86. The highest BCUT2D eigenvalue weighted by Crippen LogP contribution is 2.57. The molecule has 0 bridgehead atoms. The number of aromatic nitrogens is 2. The van der Waals surface area contributed by atoms with Crippen molar-refractivity contribution in [2.24, 2.45) is 18.9 Å². The molecule has 4 N–H and O–H groups in total. The number of nitrogens with one attached hydrogen (secondary N) is 3. The van der Waals surface area contributed by atoms with Crippen LogP contribution in [0.3, 0.4) is 0 Å². The molecule has 1 aliphatic carbocycles. The molecule has 404 valence electrons. The zero-order chi connectivity index (χ0) is 53.6. The summed E-state index contributed by atoms with van der Waals surface area (Å²) in [6.45, 7) is 5.24. The van der Waals surface area contributed by atoms with Crippen LogP contribution in [0.4, 0.5) is 28.2 Å². The van der Waals surface area contributed by atoms with Gasteiger partial charge >= 0.3 is 6.03 Å². The van der Waals surface area contributed by atoms with Crippen molar-refractivity contribution >= 4 is 52.1 Å². The number of carbonyl (C=O) groups excluding carboxylic acids is 4. The standard InChI is InChI=1S/C56H63ClF4N8O7/c1-31-44-42(28-40(59)48(57)47(44)46-37(53(72)62-2)13-14-41(49(46)60)75-26-25-70)76-56(31,35-7-5-4-6-8-35)30-63-36-11-9-34(10-12-36)54(73)68-22-15-32(16-23-68)29-67-20-17-33(18-21-67)45-39(58)27-38-51(50(45)61)66(3)65-52(38)69-24-19-43(71)64-55(69)74/h4-8,13-14,27-28,31-34,36,63,70H,9-12,15-26,29-30H2,1-3H3,(H,62,72)(H,64,71,74). The minimum atomic E-state index is -1.12. The molecular weight excluding hydrogens is 1010 g/mol. The average Bonchev–Trinajstić information content (AvgIpc) is 3.96. The fraction of sp³-hybridized carbons (Fsp3) is 0.482. The molecule has 4 aliphatic heterocycles. The Bertz CT molecular complexity index is 3050. The van der Waals surface area contributed by atoms with Gasteiger partial charge in [-0.1, -0.05) is 48.9 Å². The van der Waals surface area contributed by atoms with Gasteiger partial charge in [0.15, 0.2) is 28.8 Å². The van der Waals surface area contributed by atoms with Crippen LogP contribution in [0.5, 0.6) is 11.5 Å². The van der Waals surface area contributed by atoms with E-state index in [9.17, 15) is 24.3 Å². The van der Waals surface area contributed by atoms with Gasteiger partial charge < -0.3 is 35.0 Å². The molecule has 5 amide bonds. The Morgan fingerprint density at radius 3 is 2.30 bits per heavy atom. The number of nitrogens with zero attached hydrogens (tertiary/aromatic N) is 5. The molecule has 5 heterocycles. The first-order chi connectivity index (χ1) is 36.6. The molecule has 0 spiro atoms. The fourth-order valence-electron chi connectivity index (χ4n) is 12.5. The van der Waals surface area contributed by atoms with Crippen molar-refractivity contribution in [3.05, 3.63) is 105 Å². The quantitative estimate of drug-likeness (QED) is 0.0794. The summed E-state index contributed by atoms with van der Waals surface area (Å²) in [5, 5.41) is 22.1. The molecule has 76 heavy (non-hydrogen) atoms. The van der Waals surface area contributed by atoms with E-state index in [1.54, 1.807) is 7.05 Å². The van der Waals surface area contributed by atoms with Crippen molar-refractivity contribution in [1.82, 2.24) is 35.5 Å². The van der Waals surface area contributed by atoms with Gasteiger partial charge in [0, 0.05) is 99.4 Å². The summed E-state index contributed by atoms with van der Waals surface area (Å²) >= 11 is 6.78. The van der Waals surface area contributed by atoms with Crippen LogP contribution in [-0.4, -0.2) is 121 Å². The zero-order valence-electron chi connectivity index (χ0n) is 42.8. The molecule has 2 unspecified atom stereocenters. The Morgan fingerprint density at radius 2 is 1.62 bits per heavy atom. The van der Waals surface area contributed by atoms with Crippen LogP contribution in [0.15, 0.2) is 54.6 Å². The second-order valence-electron chi connectivity index (χ2n) is 20.9. The number of piperidine rings is 2. The number of hydrogen-bond acceptors (Lipinski definition) is 10. The predicted octanol–water partition coefficient (Wildman–Crippen LogP) is 8.29. The third-order valence-corrected chi connectivity index (χ3v) is 17.0. The average molecular weight is 1070 g/mol. The van der Waals surface area contributed by atoms with Crippen LogP contribution in [0.1, 0.15) is 104 Å². The van der Waals surface area contributed by atoms with Crippen LogP contribution in [0, 0.1) is 35.1 Å². The number of hydrogen-bond donors (Lipinski definition) is 4. The van der Waals surface area contributed by atoms with Crippen LogP contribution in [-0.2, 0) is 22.2 Å². The molecule has 10 rings (SSSR count). The highest BCUT2D eigenvalue weighted by atomic mass is 35.5. The van der Waals surface area contributed by atoms with E-state index in [-0.39, 0.29) is 112 Å². The number of carbonyl (C=O) groups is 4. The molecular formula is C56H63ClF4N8O7. The Hall–Kier alpha value is -6.28. The van der Waals surface area contributed by atoms with E-state index in [0.717, 1.165) is 37.8 Å². The number of aliphatic hydroxyl groups is 1. The lowest BCUT2D eigenvalue weighted by atomic mass is 9.77. The van der Waals surface area contributed by atoms with Crippen molar-refractivity contribution in [1.29, 1.82) is 0 Å². The topological polar surface area (TPSA) is 171 Å². The maximum Gasteiger partial charge on any atom is 0.329 e. The second kappa shape index (κ2) is 22.0. The summed E-state index contributed by atoms with van der Waals surface area (Å²) < 4.78 is 78.4. The number of halogens is 5. The van der Waals surface area contributed by atoms with E-state index in [1.165, 1.54) is 40.9 Å². The molecule has 4 aromatic carbocycles. The van der Waals surface area contributed by atoms with Crippen molar-refractivity contribution in [3.63, 3.8) is 0 Å². The van der Waals surface area contributed by atoms with E-state index in [2.05, 4.69) is 25.9 Å². The van der Waals surface area contributed by atoms with E-state index >= 15 is 17.6 Å². The maximum absolute atomic E-state index is 16.6. The highest BCUT2D eigenvalue weighted by Gasteiger charge is 2.50. The number of imide groups is 1. The minimum absolute atomic E-state index is 0.0208. The van der Waals surface area contributed by atoms with Gasteiger partial charge in [-0.3, -0.25) is 29.3 Å². The molecule has 4 fully saturated rings. The first kappa shape index (κ1) is 53.1. The van der Waals surface area contributed by atoms with Gasteiger partial charge in [0.25, 0.3) is 5.91 Å². The van der Waals surface area contributed by atoms with Crippen LogP contribution in [0.2, 0.25) is 5.02 Å². The van der Waals surface area contributed by atoms with Gasteiger partial charge in [0.2, 0.25) is 11.8 Å². The number of likely N-dealkylation sites (tertiary alicyclic amines) is 2. The lowest BCUT2D eigenvalue weighted by molar-refractivity contribution is -0.138. The molecule has 20 heteroatoms. The van der Waals surface area contributed by atoms with Crippen LogP contribution in [0.25, 0.3) is 22.0 Å². The Kier molecular flexibility index (Phi) is 15.4. The number of amides is 5. The summed E-state index contributed by atoms with van der Waals surface area (Å²) in [5.74, 6) is -4.55. The number of anilines is 1. The minimum Gasteiger partial charge on any atom is -0.488 e. The van der Waals surface area contributed by atoms with Crippen molar-refractivity contribution < 1.29 is 51.3 Å². The van der Waals surface area contributed by atoms with E-state index in [0.29, 0.717) is 63.3 Å². The predicted molar refractivity (Wildman–Crippen MR) is 278 cm³/mol. The summed E-state index contributed by atoms with van der Waals surface area (Å²) in [4.78, 5) is 57.2.